The molecule has 0 spiro atoms. The van der Waals surface area contributed by atoms with Crippen molar-refractivity contribution < 1.29 is 9.90 Å². The molecule has 0 bridgehead atoms. The molecule has 1 unspecified atom stereocenters. The summed E-state index contributed by atoms with van der Waals surface area (Å²) in [5.41, 5.74) is 1.79. The lowest BCUT2D eigenvalue weighted by atomic mass is 10.1. The summed E-state index contributed by atoms with van der Waals surface area (Å²) in [5, 5.41) is 15.1. The quantitative estimate of drug-likeness (QED) is 0.719. The van der Waals surface area contributed by atoms with Crippen LogP contribution < -0.4 is 10.6 Å². The van der Waals surface area contributed by atoms with Crippen molar-refractivity contribution in [1.29, 1.82) is 0 Å². The third-order valence-electron chi connectivity index (χ3n) is 4.23. The first kappa shape index (κ1) is 17.7. The van der Waals surface area contributed by atoms with Gasteiger partial charge in [-0.3, -0.25) is 4.90 Å². The minimum absolute atomic E-state index is 0.0146. The second-order valence-electron chi connectivity index (χ2n) is 6.26. The molecule has 1 aromatic rings. The van der Waals surface area contributed by atoms with Crippen LogP contribution in [-0.2, 0) is 13.2 Å². The fourth-order valence-corrected chi connectivity index (χ4v) is 2.80. The molecule has 2 amide bonds. The minimum Gasteiger partial charge on any atom is -0.392 e. The Balaban J connectivity index is 1.71. The number of carbonyl (C=O) groups excluding carboxylic acids is 1. The molecule has 6 nitrogen and oxygen atoms in total. The fourth-order valence-electron chi connectivity index (χ4n) is 2.80. The molecule has 1 saturated heterocycles. The summed E-state index contributed by atoms with van der Waals surface area (Å²) in [6.07, 6.45) is 0. The molecular weight excluding hydrogens is 292 g/mol. The van der Waals surface area contributed by atoms with Crippen molar-refractivity contribution in [3.8, 4) is 0 Å². The first-order valence-corrected chi connectivity index (χ1v) is 8.21. The van der Waals surface area contributed by atoms with E-state index in [0.717, 1.165) is 43.9 Å². The lowest BCUT2D eigenvalue weighted by Crippen LogP contribution is -2.51. The molecule has 23 heavy (non-hydrogen) atoms. The Morgan fingerprint density at radius 1 is 1.22 bits per heavy atom. The van der Waals surface area contributed by atoms with Crippen molar-refractivity contribution in [2.45, 2.75) is 26.1 Å². The van der Waals surface area contributed by atoms with E-state index < -0.39 is 0 Å². The van der Waals surface area contributed by atoms with Crippen LogP contribution in [0.1, 0.15) is 18.1 Å². The maximum Gasteiger partial charge on any atom is 0.315 e. The molecule has 1 heterocycles. The van der Waals surface area contributed by atoms with Crippen molar-refractivity contribution in [2.75, 3.05) is 39.8 Å². The molecule has 1 aliphatic heterocycles. The van der Waals surface area contributed by atoms with Crippen molar-refractivity contribution in [1.82, 2.24) is 20.4 Å². The van der Waals surface area contributed by atoms with Gasteiger partial charge < -0.3 is 20.6 Å². The standard InChI is InChI=1S/C17H28N4O2/c1-14(12-21-9-7-20(2)8-10-21)19-17(23)18-11-15-5-3-4-6-16(15)13-22/h3-6,14,22H,7-13H2,1-2H3,(H2,18,19,23). The van der Waals surface area contributed by atoms with Gasteiger partial charge in [-0.05, 0) is 25.1 Å². The number of aliphatic hydroxyl groups is 1. The predicted molar refractivity (Wildman–Crippen MR) is 91.1 cm³/mol. The maximum atomic E-state index is 12.0. The highest BCUT2D eigenvalue weighted by Crippen LogP contribution is 2.08. The van der Waals surface area contributed by atoms with E-state index in [1.807, 2.05) is 31.2 Å². The number of likely N-dealkylation sites (N-methyl/N-ethyl adjacent to an activating group) is 1. The summed E-state index contributed by atoms with van der Waals surface area (Å²) in [5.74, 6) is 0. The van der Waals surface area contributed by atoms with Gasteiger partial charge in [0, 0.05) is 45.3 Å². The van der Waals surface area contributed by atoms with Gasteiger partial charge in [-0.1, -0.05) is 24.3 Å². The minimum atomic E-state index is -0.167. The molecule has 2 rings (SSSR count). The summed E-state index contributed by atoms with van der Waals surface area (Å²) in [7, 11) is 2.14. The monoisotopic (exact) mass is 320 g/mol. The number of piperazine rings is 1. The summed E-state index contributed by atoms with van der Waals surface area (Å²) in [6, 6.07) is 7.51. The third-order valence-corrected chi connectivity index (χ3v) is 4.23. The molecule has 128 valence electrons. The third kappa shape index (κ3) is 5.82. The van der Waals surface area contributed by atoms with E-state index in [1.165, 1.54) is 0 Å². The Morgan fingerprint density at radius 2 is 1.87 bits per heavy atom. The summed E-state index contributed by atoms with van der Waals surface area (Å²) in [4.78, 5) is 16.7. The van der Waals surface area contributed by atoms with Crippen molar-refractivity contribution in [3.05, 3.63) is 35.4 Å². The highest BCUT2D eigenvalue weighted by molar-refractivity contribution is 5.74. The van der Waals surface area contributed by atoms with E-state index in [0.29, 0.717) is 6.54 Å². The smallest absolute Gasteiger partial charge is 0.315 e. The average molecular weight is 320 g/mol. The second-order valence-corrected chi connectivity index (χ2v) is 6.26. The zero-order valence-corrected chi connectivity index (χ0v) is 14.1. The number of hydrogen-bond acceptors (Lipinski definition) is 4. The Bertz CT molecular complexity index is 501. The van der Waals surface area contributed by atoms with Crippen LogP contribution in [0.3, 0.4) is 0 Å². The molecule has 3 N–H and O–H groups in total. The molecule has 1 fully saturated rings. The molecule has 6 heteroatoms. The fraction of sp³-hybridized carbons (Fsp3) is 0.588. The number of urea groups is 1. The molecule has 0 aliphatic carbocycles. The van der Waals surface area contributed by atoms with Crippen LogP contribution in [0.4, 0.5) is 4.79 Å². The average Bonchev–Trinajstić information content (AvgIpc) is 2.55. The summed E-state index contributed by atoms with van der Waals surface area (Å²) < 4.78 is 0. The topological polar surface area (TPSA) is 67.8 Å². The molecule has 0 radical (unpaired) electrons. The van der Waals surface area contributed by atoms with Crippen LogP contribution in [0.15, 0.2) is 24.3 Å². The molecule has 1 atom stereocenters. The van der Waals surface area contributed by atoms with Gasteiger partial charge in [0.05, 0.1) is 6.61 Å². The molecular formula is C17H28N4O2. The van der Waals surface area contributed by atoms with Crippen LogP contribution >= 0.6 is 0 Å². The zero-order valence-electron chi connectivity index (χ0n) is 14.1. The number of benzene rings is 1. The Kier molecular flexibility index (Phi) is 6.83. The number of rotatable bonds is 6. The lowest BCUT2D eigenvalue weighted by molar-refractivity contribution is 0.144. The SMILES string of the molecule is CC(CN1CCN(C)CC1)NC(=O)NCc1ccccc1CO. The van der Waals surface area contributed by atoms with Gasteiger partial charge in [0.25, 0.3) is 0 Å². The number of amides is 2. The molecule has 0 saturated carbocycles. The number of aliphatic hydroxyl groups excluding tert-OH is 1. The number of hydrogen-bond donors (Lipinski definition) is 3. The Hall–Kier alpha value is -1.63. The highest BCUT2D eigenvalue weighted by Gasteiger charge is 2.17. The molecule has 0 aromatic heterocycles. The predicted octanol–water partition coefficient (Wildman–Crippen LogP) is 0.614. The van der Waals surface area contributed by atoms with Gasteiger partial charge in [0.1, 0.15) is 0 Å². The van der Waals surface area contributed by atoms with E-state index in [2.05, 4.69) is 27.5 Å². The van der Waals surface area contributed by atoms with Gasteiger partial charge >= 0.3 is 6.03 Å². The van der Waals surface area contributed by atoms with E-state index in [9.17, 15) is 9.90 Å². The van der Waals surface area contributed by atoms with Crippen LogP contribution in [0.2, 0.25) is 0 Å². The normalized spacial score (nSPS) is 17.7. The van der Waals surface area contributed by atoms with Crippen molar-refractivity contribution in [2.24, 2.45) is 0 Å². The van der Waals surface area contributed by atoms with Crippen molar-refractivity contribution in [3.63, 3.8) is 0 Å². The van der Waals surface area contributed by atoms with Gasteiger partial charge in [-0.2, -0.15) is 0 Å². The van der Waals surface area contributed by atoms with Gasteiger partial charge in [-0.15, -0.1) is 0 Å². The lowest BCUT2D eigenvalue weighted by Gasteiger charge is -2.34. The number of nitrogens with zero attached hydrogens (tertiary/aromatic N) is 2. The van der Waals surface area contributed by atoms with Crippen molar-refractivity contribution >= 4 is 6.03 Å². The van der Waals surface area contributed by atoms with E-state index >= 15 is 0 Å². The van der Waals surface area contributed by atoms with Crippen LogP contribution in [0.25, 0.3) is 0 Å². The van der Waals surface area contributed by atoms with Gasteiger partial charge in [0.2, 0.25) is 0 Å². The Labute approximate surface area is 138 Å². The van der Waals surface area contributed by atoms with E-state index in [-0.39, 0.29) is 18.7 Å². The molecule has 1 aromatic carbocycles. The van der Waals surface area contributed by atoms with Crippen LogP contribution in [0, 0.1) is 0 Å². The van der Waals surface area contributed by atoms with E-state index in [4.69, 9.17) is 0 Å². The van der Waals surface area contributed by atoms with E-state index in [1.54, 1.807) is 0 Å². The highest BCUT2D eigenvalue weighted by atomic mass is 16.3. The largest absolute Gasteiger partial charge is 0.392 e. The van der Waals surface area contributed by atoms with Gasteiger partial charge in [0.15, 0.2) is 0 Å². The zero-order chi connectivity index (χ0) is 16.7. The summed E-state index contributed by atoms with van der Waals surface area (Å²) in [6.45, 7) is 7.56. The second kappa shape index (κ2) is 8.86. The first-order chi connectivity index (χ1) is 11.1. The number of nitrogens with one attached hydrogen (secondary N) is 2. The van der Waals surface area contributed by atoms with Crippen LogP contribution in [0.5, 0.6) is 0 Å². The molecule has 1 aliphatic rings. The summed E-state index contributed by atoms with van der Waals surface area (Å²) >= 11 is 0. The van der Waals surface area contributed by atoms with Crippen LogP contribution in [-0.4, -0.2) is 66.8 Å². The Morgan fingerprint density at radius 3 is 2.52 bits per heavy atom. The first-order valence-electron chi connectivity index (χ1n) is 8.21. The van der Waals surface area contributed by atoms with Gasteiger partial charge in [-0.25, -0.2) is 4.79 Å². The maximum absolute atomic E-state index is 12.0. The number of carbonyl (C=O) groups is 1.